The number of hydrogen-bond donors (Lipinski definition) is 0. The van der Waals surface area contributed by atoms with Gasteiger partial charge in [-0.25, -0.2) is 13.6 Å². The summed E-state index contributed by atoms with van der Waals surface area (Å²) in [7, 11) is 0. The monoisotopic (exact) mass is 439 g/mol. The predicted octanol–water partition coefficient (Wildman–Crippen LogP) is 3.62. The lowest BCUT2D eigenvalue weighted by Crippen LogP contribution is -2.49. The van der Waals surface area contributed by atoms with Crippen LogP contribution in [0.4, 0.5) is 19.3 Å². The summed E-state index contributed by atoms with van der Waals surface area (Å²) in [5.41, 5.74) is 1.05. The van der Waals surface area contributed by atoms with E-state index in [1.54, 1.807) is 4.90 Å². The first-order chi connectivity index (χ1) is 15.5. The van der Waals surface area contributed by atoms with Gasteiger partial charge < -0.3 is 19.4 Å². The number of amides is 1. The van der Waals surface area contributed by atoms with Crippen molar-refractivity contribution in [1.82, 2.24) is 9.80 Å². The Bertz CT molecular complexity index is 988. The maximum atomic E-state index is 14.7. The van der Waals surface area contributed by atoms with Crippen molar-refractivity contribution in [2.45, 2.75) is 19.6 Å². The first kappa shape index (κ1) is 22.8. The summed E-state index contributed by atoms with van der Waals surface area (Å²) in [5.74, 6) is -1.45. The molecule has 0 saturated carbocycles. The quantitative estimate of drug-likeness (QED) is 0.484. The van der Waals surface area contributed by atoms with E-state index in [0.29, 0.717) is 5.56 Å². The van der Waals surface area contributed by atoms with Crippen LogP contribution >= 0.6 is 0 Å². The van der Waals surface area contributed by atoms with Crippen molar-refractivity contribution in [1.29, 1.82) is 10.5 Å². The number of benzene rings is 2. The lowest BCUT2D eigenvalue weighted by Gasteiger charge is -2.35. The third-order valence-corrected chi connectivity index (χ3v) is 5.14. The second kappa shape index (κ2) is 11.0. The second-order valence-electron chi connectivity index (χ2n) is 7.35. The van der Waals surface area contributed by atoms with Crippen LogP contribution in [0.5, 0.6) is 0 Å². The SMILES string of the molecule is N#CCCN(C#N)Cc1cc(F)c(N2CCN(C(=O)OCc3ccccc3)CC2)c(F)c1. The van der Waals surface area contributed by atoms with Crippen molar-refractivity contribution in [3.8, 4) is 12.3 Å². The second-order valence-corrected chi connectivity index (χ2v) is 7.35. The molecule has 2 aromatic rings. The van der Waals surface area contributed by atoms with Gasteiger partial charge in [0.15, 0.2) is 6.19 Å². The summed E-state index contributed by atoms with van der Waals surface area (Å²) in [4.78, 5) is 16.6. The van der Waals surface area contributed by atoms with Crippen LogP contribution in [0.2, 0.25) is 0 Å². The van der Waals surface area contributed by atoms with E-state index in [4.69, 9.17) is 15.3 Å². The highest BCUT2D eigenvalue weighted by Gasteiger charge is 2.26. The Labute approximate surface area is 185 Å². The average Bonchev–Trinajstić information content (AvgIpc) is 2.81. The number of nitriles is 2. The molecule has 7 nitrogen and oxygen atoms in total. The average molecular weight is 439 g/mol. The van der Waals surface area contributed by atoms with E-state index in [0.717, 1.165) is 5.56 Å². The highest BCUT2D eigenvalue weighted by molar-refractivity contribution is 5.68. The van der Waals surface area contributed by atoms with Gasteiger partial charge in [0.1, 0.15) is 23.9 Å². The molecule has 0 N–H and O–H groups in total. The Balaban J connectivity index is 1.57. The minimum absolute atomic E-state index is 0.0212. The fourth-order valence-electron chi connectivity index (χ4n) is 3.50. The molecule has 32 heavy (non-hydrogen) atoms. The van der Waals surface area contributed by atoms with Crippen molar-refractivity contribution in [2.75, 3.05) is 37.6 Å². The number of ether oxygens (including phenoxy) is 1. The van der Waals surface area contributed by atoms with Crippen LogP contribution in [-0.4, -0.2) is 48.6 Å². The van der Waals surface area contributed by atoms with Crippen LogP contribution < -0.4 is 4.90 Å². The zero-order valence-electron chi connectivity index (χ0n) is 17.5. The molecule has 1 aliphatic heterocycles. The van der Waals surface area contributed by atoms with Crippen molar-refractivity contribution in [3.63, 3.8) is 0 Å². The van der Waals surface area contributed by atoms with Crippen molar-refractivity contribution < 1.29 is 18.3 Å². The fourth-order valence-corrected chi connectivity index (χ4v) is 3.50. The minimum Gasteiger partial charge on any atom is -0.445 e. The van der Waals surface area contributed by atoms with Crippen LogP contribution in [0.1, 0.15) is 17.5 Å². The van der Waals surface area contributed by atoms with Crippen LogP contribution in [0, 0.1) is 34.4 Å². The molecule has 0 bridgehead atoms. The standard InChI is InChI=1S/C23H23F2N5O2/c24-20-13-19(15-28(17-27)8-4-7-26)14-21(25)22(20)29-9-11-30(12-10-29)23(31)32-16-18-5-2-1-3-6-18/h1-3,5-6,13-14H,4,8-12,15-16H2. The minimum atomic E-state index is -0.724. The topological polar surface area (TPSA) is 83.6 Å². The molecule has 2 aromatic carbocycles. The van der Waals surface area contributed by atoms with Gasteiger partial charge in [-0.15, -0.1) is 0 Å². The molecule has 166 valence electrons. The number of carbonyl (C=O) groups is 1. The van der Waals surface area contributed by atoms with E-state index >= 15 is 0 Å². The van der Waals surface area contributed by atoms with Gasteiger partial charge in [-0.1, -0.05) is 30.3 Å². The molecule has 1 saturated heterocycles. The summed E-state index contributed by atoms with van der Waals surface area (Å²) in [6, 6.07) is 13.7. The molecule has 1 aliphatic rings. The summed E-state index contributed by atoms with van der Waals surface area (Å²) in [6.07, 6.45) is 1.60. The lowest BCUT2D eigenvalue weighted by atomic mass is 10.1. The Morgan fingerprint density at radius 2 is 1.69 bits per heavy atom. The third-order valence-electron chi connectivity index (χ3n) is 5.14. The van der Waals surface area contributed by atoms with Gasteiger partial charge in [-0.3, -0.25) is 0 Å². The molecule has 1 heterocycles. The number of carbonyl (C=O) groups excluding carboxylic acids is 1. The van der Waals surface area contributed by atoms with E-state index in [1.165, 1.54) is 21.9 Å². The van der Waals surface area contributed by atoms with Crippen molar-refractivity contribution >= 4 is 11.8 Å². The van der Waals surface area contributed by atoms with Gasteiger partial charge in [0.2, 0.25) is 0 Å². The Kier molecular flexibility index (Phi) is 7.82. The maximum absolute atomic E-state index is 14.7. The zero-order chi connectivity index (χ0) is 22.9. The molecule has 0 atom stereocenters. The van der Waals surface area contributed by atoms with Crippen molar-refractivity contribution in [2.24, 2.45) is 0 Å². The van der Waals surface area contributed by atoms with E-state index in [9.17, 15) is 13.6 Å². The predicted molar refractivity (Wildman–Crippen MR) is 113 cm³/mol. The number of nitrogens with zero attached hydrogens (tertiary/aromatic N) is 5. The van der Waals surface area contributed by atoms with Crippen LogP contribution in [-0.2, 0) is 17.9 Å². The summed E-state index contributed by atoms with van der Waals surface area (Å²) < 4.78 is 34.8. The van der Waals surface area contributed by atoms with Gasteiger partial charge in [0.25, 0.3) is 0 Å². The first-order valence-electron chi connectivity index (χ1n) is 10.2. The number of hydrogen-bond acceptors (Lipinski definition) is 6. The highest BCUT2D eigenvalue weighted by atomic mass is 19.1. The van der Waals surface area contributed by atoms with E-state index < -0.39 is 17.7 Å². The highest BCUT2D eigenvalue weighted by Crippen LogP contribution is 2.27. The van der Waals surface area contributed by atoms with Gasteiger partial charge in [-0.2, -0.15) is 10.5 Å². The van der Waals surface area contributed by atoms with Gasteiger partial charge in [0.05, 0.1) is 19.0 Å². The molecule has 3 rings (SSSR count). The molecule has 0 unspecified atom stereocenters. The Morgan fingerprint density at radius 3 is 2.28 bits per heavy atom. The van der Waals surface area contributed by atoms with Gasteiger partial charge in [-0.05, 0) is 23.3 Å². The molecule has 0 spiro atoms. The normalized spacial score (nSPS) is 13.2. The fraction of sp³-hybridized carbons (Fsp3) is 0.348. The van der Waals surface area contributed by atoms with Crippen LogP contribution in [0.3, 0.4) is 0 Å². The molecule has 0 aliphatic carbocycles. The summed E-state index contributed by atoms with van der Waals surface area (Å²) in [5, 5.41) is 17.7. The van der Waals surface area contributed by atoms with E-state index in [2.05, 4.69) is 0 Å². The summed E-state index contributed by atoms with van der Waals surface area (Å²) in [6.45, 7) is 1.47. The lowest BCUT2D eigenvalue weighted by molar-refractivity contribution is 0.0941. The van der Waals surface area contributed by atoms with Gasteiger partial charge in [0, 0.05) is 32.7 Å². The van der Waals surface area contributed by atoms with Crippen LogP contribution in [0.25, 0.3) is 0 Å². The third kappa shape index (κ3) is 5.86. The smallest absolute Gasteiger partial charge is 0.410 e. The molecule has 0 aromatic heterocycles. The molecule has 0 radical (unpaired) electrons. The molecule has 1 amide bonds. The Morgan fingerprint density at radius 1 is 1.03 bits per heavy atom. The van der Waals surface area contributed by atoms with E-state index in [1.807, 2.05) is 42.6 Å². The maximum Gasteiger partial charge on any atom is 0.410 e. The molecule has 1 fully saturated rings. The number of piperazine rings is 1. The van der Waals surface area contributed by atoms with Crippen molar-refractivity contribution in [3.05, 3.63) is 65.2 Å². The van der Waals surface area contributed by atoms with E-state index in [-0.39, 0.29) is 58.0 Å². The molecular formula is C23H23F2N5O2. The van der Waals surface area contributed by atoms with Gasteiger partial charge >= 0.3 is 6.09 Å². The molecular weight excluding hydrogens is 416 g/mol. The largest absolute Gasteiger partial charge is 0.445 e. The Hall–Kier alpha value is -3.85. The first-order valence-corrected chi connectivity index (χ1v) is 10.2. The summed E-state index contributed by atoms with van der Waals surface area (Å²) >= 11 is 0. The number of anilines is 1. The number of halogens is 2. The van der Waals surface area contributed by atoms with Crippen LogP contribution in [0.15, 0.2) is 42.5 Å². The number of rotatable bonds is 7. The molecule has 9 heteroatoms. The zero-order valence-corrected chi connectivity index (χ0v) is 17.5.